The largest absolute Gasteiger partial charge is 0.506 e. The van der Waals surface area contributed by atoms with Gasteiger partial charge in [-0.05, 0) is 32.4 Å². The van der Waals surface area contributed by atoms with Crippen molar-refractivity contribution in [3.63, 3.8) is 0 Å². The van der Waals surface area contributed by atoms with E-state index in [1.54, 1.807) is 25.3 Å². The summed E-state index contributed by atoms with van der Waals surface area (Å²) in [4.78, 5) is 4.00. The Hall–Kier alpha value is -1.31. The fourth-order valence-corrected chi connectivity index (χ4v) is 0.761. The van der Waals surface area contributed by atoms with Gasteiger partial charge in [-0.1, -0.05) is 12.7 Å². The molecule has 0 aromatic carbocycles. The molecule has 0 amide bonds. The van der Waals surface area contributed by atoms with E-state index in [0.29, 0.717) is 5.70 Å². The van der Waals surface area contributed by atoms with Crippen LogP contribution in [0.1, 0.15) is 20.8 Å². The Bertz CT molecular complexity index is 247. The first-order valence-electron chi connectivity index (χ1n) is 3.84. The third kappa shape index (κ3) is 3.19. The minimum atomic E-state index is 0.156. The molecule has 66 valence electrons. The van der Waals surface area contributed by atoms with E-state index in [2.05, 4.69) is 11.6 Å². The van der Waals surface area contributed by atoms with Crippen LogP contribution < -0.4 is 0 Å². The highest BCUT2D eigenvalue weighted by Gasteiger charge is 2.00. The van der Waals surface area contributed by atoms with Gasteiger partial charge in [-0.25, -0.2) is 0 Å². The fourth-order valence-electron chi connectivity index (χ4n) is 0.761. The summed E-state index contributed by atoms with van der Waals surface area (Å²) in [6.45, 7) is 9.15. The van der Waals surface area contributed by atoms with Crippen molar-refractivity contribution in [2.75, 3.05) is 0 Å². The van der Waals surface area contributed by atoms with E-state index in [1.165, 1.54) is 0 Å². The van der Waals surface area contributed by atoms with Gasteiger partial charge in [-0.15, -0.1) is 0 Å². The Morgan fingerprint density at radius 2 is 2.00 bits per heavy atom. The molecular formula is C10H15NO. The maximum absolute atomic E-state index is 9.43. The second-order valence-electron chi connectivity index (χ2n) is 2.40. The highest BCUT2D eigenvalue weighted by molar-refractivity contribution is 5.57. The maximum Gasteiger partial charge on any atom is 0.141 e. The van der Waals surface area contributed by atoms with Crippen LogP contribution >= 0.6 is 0 Å². The van der Waals surface area contributed by atoms with E-state index in [0.717, 1.165) is 5.57 Å². The molecule has 0 spiro atoms. The van der Waals surface area contributed by atoms with Gasteiger partial charge < -0.3 is 5.11 Å². The van der Waals surface area contributed by atoms with Crippen LogP contribution in [0.3, 0.4) is 0 Å². The van der Waals surface area contributed by atoms with Crippen LogP contribution in [-0.4, -0.2) is 11.3 Å². The summed E-state index contributed by atoms with van der Waals surface area (Å²) >= 11 is 0. The van der Waals surface area contributed by atoms with Gasteiger partial charge in [0.15, 0.2) is 0 Å². The number of aliphatic hydroxyl groups is 1. The summed E-state index contributed by atoms with van der Waals surface area (Å²) in [5.74, 6) is 0.156. The standard InChI is InChI=1S/C10H15NO/c1-5-7-9(12)10(8(3)4)11-6-2/h5-7,12H,3H2,1-2,4H3/b7-5-,10-9-,11-6?. The Morgan fingerprint density at radius 3 is 2.33 bits per heavy atom. The third-order valence-corrected chi connectivity index (χ3v) is 1.23. The average Bonchev–Trinajstić information content (AvgIpc) is 1.99. The quantitative estimate of drug-likeness (QED) is 0.389. The van der Waals surface area contributed by atoms with Crippen molar-refractivity contribution >= 4 is 6.21 Å². The van der Waals surface area contributed by atoms with Crippen molar-refractivity contribution in [2.24, 2.45) is 4.99 Å². The zero-order valence-electron chi connectivity index (χ0n) is 7.83. The molecule has 0 rings (SSSR count). The van der Waals surface area contributed by atoms with Crippen molar-refractivity contribution in [1.29, 1.82) is 0 Å². The lowest BCUT2D eigenvalue weighted by molar-refractivity contribution is 0.426. The Morgan fingerprint density at radius 1 is 1.42 bits per heavy atom. The fraction of sp³-hybridized carbons (Fsp3) is 0.300. The summed E-state index contributed by atoms with van der Waals surface area (Å²) in [7, 11) is 0. The van der Waals surface area contributed by atoms with Crippen molar-refractivity contribution in [3.05, 3.63) is 35.8 Å². The third-order valence-electron chi connectivity index (χ3n) is 1.23. The smallest absolute Gasteiger partial charge is 0.141 e. The summed E-state index contributed by atoms with van der Waals surface area (Å²) < 4.78 is 0. The van der Waals surface area contributed by atoms with Crippen LogP contribution in [0.15, 0.2) is 40.8 Å². The van der Waals surface area contributed by atoms with Gasteiger partial charge in [-0.3, -0.25) is 4.99 Å². The molecule has 0 atom stereocenters. The lowest BCUT2D eigenvalue weighted by Crippen LogP contribution is -1.87. The van der Waals surface area contributed by atoms with Crippen molar-refractivity contribution in [1.82, 2.24) is 0 Å². The van der Waals surface area contributed by atoms with E-state index in [-0.39, 0.29) is 5.76 Å². The molecule has 0 aromatic heterocycles. The predicted molar refractivity (Wildman–Crippen MR) is 53.4 cm³/mol. The predicted octanol–water partition coefficient (Wildman–Crippen LogP) is 3.00. The van der Waals surface area contributed by atoms with Crippen LogP contribution in [0.2, 0.25) is 0 Å². The molecule has 2 heteroatoms. The van der Waals surface area contributed by atoms with Gasteiger partial charge in [0, 0.05) is 6.21 Å². The SMILES string of the molecule is C=C(C)/C(N=CC)=C(O)\C=C/C. The summed E-state index contributed by atoms with van der Waals surface area (Å²) in [5.41, 5.74) is 1.29. The first-order chi connectivity index (χ1) is 5.63. The highest BCUT2D eigenvalue weighted by atomic mass is 16.3. The van der Waals surface area contributed by atoms with Crippen LogP contribution in [0.5, 0.6) is 0 Å². The molecule has 0 aliphatic rings. The maximum atomic E-state index is 9.43. The molecule has 0 aliphatic carbocycles. The monoisotopic (exact) mass is 165 g/mol. The lowest BCUT2D eigenvalue weighted by Gasteiger charge is -2.00. The van der Waals surface area contributed by atoms with Crippen LogP contribution in [-0.2, 0) is 0 Å². The van der Waals surface area contributed by atoms with Crippen molar-refractivity contribution in [2.45, 2.75) is 20.8 Å². The molecule has 0 saturated heterocycles. The van der Waals surface area contributed by atoms with E-state index >= 15 is 0 Å². The molecule has 0 saturated carbocycles. The van der Waals surface area contributed by atoms with Crippen LogP contribution in [0.4, 0.5) is 0 Å². The number of aliphatic hydroxyl groups excluding tert-OH is 1. The minimum Gasteiger partial charge on any atom is -0.506 e. The Balaban J connectivity index is 4.93. The van der Waals surface area contributed by atoms with Crippen LogP contribution in [0.25, 0.3) is 0 Å². The van der Waals surface area contributed by atoms with Crippen molar-refractivity contribution < 1.29 is 5.11 Å². The molecule has 0 aliphatic heterocycles. The van der Waals surface area contributed by atoms with Gasteiger partial charge >= 0.3 is 0 Å². The topological polar surface area (TPSA) is 32.6 Å². The van der Waals surface area contributed by atoms with Gasteiger partial charge in [-0.2, -0.15) is 0 Å². The summed E-state index contributed by atoms with van der Waals surface area (Å²) in [5, 5.41) is 9.43. The molecule has 1 N–H and O–H groups in total. The Kier molecular flexibility index (Phi) is 4.77. The van der Waals surface area contributed by atoms with Gasteiger partial charge in [0.2, 0.25) is 0 Å². The van der Waals surface area contributed by atoms with E-state index < -0.39 is 0 Å². The number of hydrogen-bond acceptors (Lipinski definition) is 2. The first-order valence-corrected chi connectivity index (χ1v) is 3.84. The number of nitrogens with zero attached hydrogens (tertiary/aromatic N) is 1. The molecule has 2 nitrogen and oxygen atoms in total. The molecule has 0 aromatic rings. The lowest BCUT2D eigenvalue weighted by atomic mass is 10.2. The molecule has 12 heavy (non-hydrogen) atoms. The Labute approximate surface area is 73.6 Å². The van der Waals surface area contributed by atoms with Gasteiger partial charge in [0.25, 0.3) is 0 Å². The first kappa shape index (κ1) is 10.7. The number of aliphatic imine (C=N–C) groups is 1. The second kappa shape index (κ2) is 5.35. The average molecular weight is 165 g/mol. The summed E-state index contributed by atoms with van der Waals surface area (Å²) in [6, 6.07) is 0. The van der Waals surface area contributed by atoms with Crippen LogP contribution in [0, 0.1) is 0 Å². The molecule has 0 unspecified atom stereocenters. The van der Waals surface area contributed by atoms with E-state index in [9.17, 15) is 5.11 Å². The van der Waals surface area contributed by atoms with Gasteiger partial charge in [0.05, 0.1) is 0 Å². The zero-order chi connectivity index (χ0) is 9.56. The minimum absolute atomic E-state index is 0.156. The zero-order valence-corrected chi connectivity index (χ0v) is 7.83. The van der Waals surface area contributed by atoms with Crippen molar-refractivity contribution in [3.8, 4) is 0 Å². The normalized spacial score (nSPS) is 13.9. The number of allylic oxidation sites excluding steroid dienone is 3. The van der Waals surface area contributed by atoms with E-state index in [1.807, 2.05) is 13.8 Å². The highest BCUT2D eigenvalue weighted by Crippen LogP contribution is 2.13. The number of rotatable bonds is 3. The van der Waals surface area contributed by atoms with E-state index in [4.69, 9.17) is 0 Å². The summed E-state index contributed by atoms with van der Waals surface area (Å²) in [6.07, 6.45) is 4.98. The second-order valence-corrected chi connectivity index (χ2v) is 2.40. The number of hydrogen-bond donors (Lipinski definition) is 1. The van der Waals surface area contributed by atoms with Gasteiger partial charge in [0.1, 0.15) is 11.5 Å². The molecule has 0 bridgehead atoms. The molecule has 0 fully saturated rings. The molecular weight excluding hydrogens is 150 g/mol. The molecule has 0 heterocycles. The molecule has 0 radical (unpaired) electrons.